The van der Waals surface area contributed by atoms with Crippen LogP contribution in [0.2, 0.25) is 0 Å². The minimum atomic E-state index is 0.0532. The molecule has 0 radical (unpaired) electrons. The van der Waals surface area contributed by atoms with Crippen LogP contribution < -0.4 is 0 Å². The van der Waals surface area contributed by atoms with E-state index in [-0.39, 0.29) is 16.6 Å². The molecule has 3 fully saturated rings. The normalized spacial score (nSPS) is 48.7. The summed E-state index contributed by atoms with van der Waals surface area (Å²) in [6, 6.07) is 0.589. The van der Waals surface area contributed by atoms with E-state index >= 15 is 0 Å². The van der Waals surface area contributed by atoms with Crippen molar-refractivity contribution in [1.29, 1.82) is 0 Å². The van der Waals surface area contributed by atoms with Gasteiger partial charge in [0, 0.05) is 24.4 Å². The van der Waals surface area contributed by atoms with Crippen LogP contribution >= 0.6 is 0 Å². The van der Waals surface area contributed by atoms with E-state index in [1.807, 2.05) is 6.08 Å². The molecule has 4 nitrogen and oxygen atoms in total. The number of piperidine rings is 3. The van der Waals surface area contributed by atoms with Crippen LogP contribution in [0.3, 0.4) is 0 Å². The fourth-order valence-corrected chi connectivity index (χ4v) is 5.25. The minimum Gasteiger partial charge on any atom is -0.633 e. The second-order valence-corrected chi connectivity index (χ2v) is 6.79. The van der Waals surface area contributed by atoms with Crippen molar-refractivity contribution in [3.8, 4) is 0 Å². The summed E-state index contributed by atoms with van der Waals surface area (Å²) in [6.07, 6.45) is 9.07. The Hall–Kier alpha value is -0.870. The highest BCUT2D eigenvalue weighted by Gasteiger charge is 2.54. The molecule has 0 aliphatic carbocycles. The number of carbonyl (C=O) groups excluding carboxylic acids is 1. The lowest BCUT2D eigenvalue weighted by molar-refractivity contribution is -0.925. The van der Waals surface area contributed by atoms with Gasteiger partial charge in [0.15, 0.2) is 0 Å². The van der Waals surface area contributed by atoms with Crippen molar-refractivity contribution < 1.29 is 9.44 Å². The molecule has 0 spiro atoms. The SMILES string of the molecule is O=C1C=CC[C@@H]2[C@H]3CCC[N@+]4([O-])CCC[C@@H](CN12)[C@H]34. The van der Waals surface area contributed by atoms with Crippen molar-refractivity contribution in [3.05, 3.63) is 17.4 Å². The van der Waals surface area contributed by atoms with E-state index in [0.29, 0.717) is 17.9 Å². The lowest BCUT2D eigenvalue weighted by Gasteiger charge is -2.64. The molecule has 0 aromatic heterocycles. The van der Waals surface area contributed by atoms with E-state index in [2.05, 4.69) is 4.90 Å². The van der Waals surface area contributed by atoms with Crippen molar-refractivity contribution in [2.45, 2.75) is 44.2 Å². The zero-order valence-electron chi connectivity index (χ0n) is 11.3. The highest BCUT2D eigenvalue weighted by molar-refractivity contribution is 5.88. The first-order valence-corrected chi connectivity index (χ1v) is 7.74. The summed E-state index contributed by atoms with van der Waals surface area (Å²) in [5, 5.41) is 13.1. The molecule has 0 aromatic carbocycles. The monoisotopic (exact) mass is 262 g/mol. The molecule has 3 saturated heterocycles. The molecule has 4 heteroatoms. The second-order valence-electron chi connectivity index (χ2n) is 6.79. The molecule has 0 saturated carbocycles. The average molecular weight is 262 g/mol. The first-order chi connectivity index (χ1) is 9.19. The molecule has 19 heavy (non-hydrogen) atoms. The first kappa shape index (κ1) is 11.9. The van der Waals surface area contributed by atoms with E-state index in [9.17, 15) is 10.0 Å². The Morgan fingerprint density at radius 2 is 2.05 bits per heavy atom. The van der Waals surface area contributed by atoms with E-state index in [1.54, 1.807) is 6.08 Å². The lowest BCUT2D eigenvalue weighted by atomic mass is 9.68. The largest absolute Gasteiger partial charge is 0.633 e. The van der Waals surface area contributed by atoms with Gasteiger partial charge in [-0.2, -0.15) is 0 Å². The Morgan fingerprint density at radius 3 is 2.89 bits per heavy atom. The number of nitrogens with zero attached hydrogens (tertiary/aromatic N) is 2. The number of amides is 1. The van der Waals surface area contributed by atoms with Crippen LogP contribution in [0.15, 0.2) is 12.2 Å². The van der Waals surface area contributed by atoms with Crippen LogP contribution in [0.1, 0.15) is 32.1 Å². The predicted octanol–water partition coefficient (Wildman–Crippen LogP) is 1.66. The van der Waals surface area contributed by atoms with E-state index in [0.717, 1.165) is 51.7 Å². The molecule has 4 rings (SSSR count). The average Bonchev–Trinajstić information content (AvgIpc) is 2.40. The number of hydrogen-bond donors (Lipinski definition) is 0. The molecule has 0 N–H and O–H groups in total. The van der Waals surface area contributed by atoms with Crippen LogP contribution in [0.5, 0.6) is 0 Å². The zero-order valence-corrected chi connectivity index (χ0v) is 11.3. The maximum absolute atomic E-state index is 13.1. The van der Waals surface area contributed by atoms with Gasteiger partial charge in [0.25, 0.3) is 0 Å². The van der Waals surface area contributed by atoms with Crippen molar-refractivity contribution in [3.63, 3.8) is 0 Å². The van der Waals surface area contributed by atoms with Crippen molar-refractivity contribution in [1.82, 2.24) is 4.90 Å². The highest BCUT2D eigenvalue weighted by Crippen LogP contribution is 2.47. The number of rotatable bonds is 0. The van der Waals surface area contributed by atoms with Crippen LogP contribution in [0.4, 0.5) is 0 Å². The summed E-state index contributed by atoms with van der Waals surface area (Å²) in [7, 11) is 0. The smallest absolute Gasteiger partial charge is 0.246 e. The third kappa shape index (κ3) is 1.62. The summed E-state index contributed by atoms with van der Waals surface area (Å²) >= 11 is 0. The van der Waals surface area contributed by atoms with Gasteiger partial charge in [0.2, 0.25) is 5.91 Å². The fraction of sp³-hybridized carbons (Fsp3) is 0.800. The molecule has 0 aromatic rings. The molecular formula is C15H22N2O2. The number of hydroxylamine groups is 3. The third-order valence-electron chi connectivity index (χ3n) is 5.90. The van der Waals surface area contributed by atoms with Crippen molar-refractivity contribution in [2.75, 3.05) is 19.6 Å². The van der Waals surface area contributed by atoms with Crippen LogP contribution in [-0.4, -0.2) is 47.2 Å². The number of hydrogen-bond acceptors (Lipinski definition) is 2. The van der Waals surface area contributed by atoms with Crippen molar-refractivity contribution >= 4 is 5.91 Å². The summed E-state index contributed by atoms with van der Waals surface area (Å²) in [5.74, 6) is 1.07. The standard InChI is InChI=1S/C15H22N2O2/c18-14-7-1-6-13-12-5-3-9-17(19)8-2-4-11(15(12)17)10-16(13)14/h1,7,11-13,15H,2-6,8-10H2/t11-,12+,13+,15+,17+/m0/s1. The molecule has 0 bridgehead atoms. The fourth-order valence-electron chi connectivity index (χ4n) is 5.25. The van der Waals surface area contributed by atoms with Gasteiger partial charge in [-0.3, -0.25) is 4.79 Å². The Morgan fingerprint density at radius 1 is 1.26 bits per heavy atom. The number of quaternary nitrogens is 1. The number of carbonyl (C=O) groups is 1. The quantitative estimate of drug-likeness (QED) is 0.492. The van der Waals surface area contributed by atoms with Gasteiger partial charge < -0.3 is 14.8 Å². The maximum atomic E-state index is 13.1. The Bertz CT molecular complexity index is 432. The zero-order chi connectivity index (χ0) is 13.0. The van der Waals surface area contributed by atoms with Gasteiger partial charge in [-0.25, -0.2) is 0 Å². The molecule has 4 heterocycles. The molecule has 4 aliphatic rings. The van der Waals surface area contributed by atoms with Gasteiger partial charge in [-0.05, 0) is 38.2 Å². The van der Waals surface area contributed by atoms with E-state index < -0.39 is 0 Å². The predicted molar refractivity (Wildman–Crippen MR) is 71.9 cm³/mol. The first-order valence-electron chi connectivity index (χ1n) is 7.74. The molecule has 104 valence electrons. The summed E-state index contributed by atoms with van der Waals surface area (Å²) in [6.45, 7) is 2.46. The lowest BCUT2D eigenvalue weighted by Crippen LogP contribution is -2.71. The second kappa shape index (κ2) is 4.06. The Labute approximate surface area is 114 Å². The topological polar surface area (TPSA) is 43.4 Å². The molecule has 4 aliphatic heterocycles. The molecular weight excluding hydrogens is 240 g/mol. The van der Waals surface area contributed by atoms with Gasteiger partial charge in [0.05, 0.1) is 19.1 Å². The molecule has 5 atom stereocenters. The minimum absolute atomic E-state index is 0.0532. The summed E-state index contributed by atoms with van der Waals surface area (Å²) < 4.78 is 0.0532. The summed E-state index contributed by atoms with van der Waals surface area (Å²) in [5.41, 5.74) is 0. The van der Waals surface area contributed by atoms with Crippen LogP contribution in [0.25, 0.3) is 0 Å². The third-order valence-corrected chi connectivity index (χ3v) is 5.90. The van der Waals surface area contributed by atoms with Gasteiger partial charge in [-0.15, -0.1) is 0 Å². The summed E-state index contributed by atoms with van der Waals surface area (Å²) in [4.78, 5) is 14.2. The Kier molecular flexibility index (Phi) is 2.55. The Balaban J connectivity index is 1.72. The highest BCUT2D eigenvalue weighted by atomic mass is 16.5. The molecule has 0 unspecified atom stereocenters. The van der Waals surface area contributed by atoms with Crippen LogP contribution in [0, 0.1) is 17.0 Å². The van der Waals surface area contributed by atoms with E-state index in [1.165, 1.54) is 0 Å². The van der Waals surface area contributed by atoms with E-state index in [4.69, 9.17) is 0 Å². The van der Waals surface area contributed by atoms with Gasteiger partial charge >= 0.3 is 0 Å². The maximum Gasteiger partial charge on any atom is 0.246 e. The molecule has 1 amide bonds. The van der Waals surface area contributed by atoms with Crippen LogP contribution in [-0.2, 0) is 4.79 Å². The number of fused-ring (bicyclic) bond motifs is 2. The van der Waals surface area contributed by atoms with Crippen molar-refractivity contribution in [2.24, 2.45) is 11.8 Å². The van der Waals surface area contributed by atoms with Gasteiger partial charge in [-0.1, -0.05) is 6.08 Å². The van der Waals surface area contributed by atoms with Gasteiger partial charge in [0.1, 0.15) is 0 Å².